The van der Waals surface area contributed by atoms with Crippen LogP contribution in [0.4, 0.5) is 18.9 Å². The van der Waals surface area contributed by atoms with Gasteiger partial charge in [0, 0.05) is 23.5 Å². The second kappa shape index (κ2) is 7.44. The van der Waals surface area contributed by atoms with Gasteiger partial charge < -0.3 is 5.32 Å². The van der Waals surface area contributed by atoms with Crippen LogP contribution in [0.2, 0.25) is 0 Å². The molecule has 5 nitrogen and oxygen atoms in total. The Balaban J connectivity index is 2.31. The van der Waals surface area contributed by atoms with E-state index in [0.717, 1.165) is 17.8 Å². The normalized spacial score (nSPS) is 12.0. The highest BCUT2D eigenvalue weighted by Gasteiger charge is 2.30. The van der Waals surface area contributed by atoms with Crippen molar-refractivity contribution >= 4 is 17.7 Å². The van der Waals surface area contributed by atoms with E-state index in [2.05, 4.69) is 10.4 Å². The lowest BCUT2D eigenvalue weighted by Gasteiger charge is -2.09. The maximum absolute atomic E-state index is 12.8. The second-order valence-electron chi connectivity index (χ2n) is 5.60. The quantitative estimate of drug-likeness (QED) is 0.658. The summed E-state index contributed by atoms with van der Waals surface area (Å²) in [6.07, 6.45) is -3.12. The largest absolute Gasteiger partial charge is 0.416 e. The van der Waals surface area contributed by atoms with Gasteiger partial charge in [-0.2, -0.15) is 23.5 Å². The first kappa shape index (κ1) is 19.2. The molecule has 1 heterocycles. The second-order valence-corrected chi connectivity index (χ2v) is 5.60. The summed E-state index contributed by atoms with van der Waals surface area (Å²) in [5.74, 6) is -0.783. The Morgan fingerprint density at radius 2 is 2.08 bits per heavy atom. The van der Waals surface area contributed by atoms with Gasteiger partial charge in [0.1, 0.15) is 11.6 Å². The van der Waals surface area contributed by atoms with Crippen LogP contribution in [0.25, 0.3) is 6.08 Å². The van der Waals surface area contributed by atoms with Gasteiger partial charge in [-0.1, -0.05) is 6.07 Å². The highest BCUT2D eigenvalue weighted by molar-refractivity contribution is 6.09. The van der Waals surface area contributed by atoms with Gasteiger partial charge in [-0.25, -0.2) is 0 Å². The van der Waals surface area contributed by atoms with E-state index in [1.165, 1.54) is 18.2 Å². The average Bonchev–Trinajstić information content (AvgIpc) is 2.85. The molecule has 8 heteroatoms. The van der Waals surface area contributed by atoms with E-state index in [-0.39, 0.29) is 11.3 Å². The summed E-state index contributed by atoms with van der Waals surface area (Å²) in [5.41, 5.74) is 0.956. The molecule has 0 fully saturated rings. The molecule has 1 N–H and O–H groups in total. The summed E-state index contributed by atoms with van der Waals surface area (Å²) in [6.45, 7) is 6.12. The number of benzene rings is 1. The van der Waals surface area contributed by atoms with Crippen LogP contribution >= 0.6 is 0 Å². The number of amides is 1. The maximum Gasteiger partial charge on any atom is 0.416 e. The molecular weight excluding hydrogens is 345 g/mol. The molecule has 0 bridgehead atoms. The van der Waals surface area contributed by atoms with Gasteiger partial charge in [0.2, 0.25) is 0 Å². The lowest BCUT2D eigenvalue weighted by atomic mass is 10.1. The summed E-state index contributed by atoms with van der Waals surface area (Å²) in [7, 11) is 0. The van der Waals surface area contributed by atoms with Crippen molar-refractivity contribution in [3.63, 3.8) is 0 Å². The number of carbonyl (C=O) groups excluding carboxylic acids is 1. The minimum absolute atomic E-state index is 0.0383. The van der Waals surface area contributed by atoms with Crippen LogP contribution in [-0.2, 0) is 17.5 Å². The van der Waals surface area contributed by atoms with Crippen molar-refractivity contribution in [2.45, 2.75) is 33.5 Å². The summed E-state index contributed by atoms with van der Waals surface area (Å²) in [6, 6.07) is 6.03. The Morgan fingerprint density at radius 1 is 1.38 bits per heavy atom. The number of hydrogen-bond acceptors (Lipinski definition) is 3. The smallest absolute Gasteiger partial charge is 0.321 e. The molecule has 136 valence electrons. The van der Waals surface area contributed by atoms with Gasteiger partial charge >= 0.3 is 6.18 Å². The molecule has 0 aliphatic heterocycles. The molecular formula is C18H17F3N4O. The fraction of sp³-hybridized carbons (Fsp3) is 0.278. The Labute approximate surface area is 148 Å². The standard InChI is InChI=1S/C18H17F3N4O/c1-4-25-12(3)16(11(2)24-25)8-13(10-22)17(26)23-15-7-5-6-14(9-15)18(19,20)21/h5-9H,4H2,1-3H3,(H,23,26)/b13-8+. The first-order valence-electron chi connectivity index (χ1n) is 7.81. The number of nitrogens with one attached hydrogen (secondary N) is 1. The molecule has 2 aromatic rings. The predicted octanol–water partition coefficient (Wildman–Crippen LogP) is 4.08. The number of aromatic nitrogens is 2. The zero-order valence-electron chi connectivity index (χ0n) is 14.5. The van der Waals surface area contributed by atoms with Crippen molar-refractivity contribution in [3.05, 3.63) is 52.4 Å². The van der Waals surface area contributed by atoms with Crippen molar-refractivity contribution in [2.24, 2.45) is 0 Å². The minimum atomic E-state index is -4.52. The number of rotatable bonds is 4. The van der Waals surface area contributed by atoms with Crippen molar-refractivity contribution in [2.75, 3.05) is 5.32 Å². The zero-order valence-corrected chi connectivity index (χ0v) is 14.5. The lowest BCUT2D eigenvalue weighted by molar-refractivity contribution is -0.137. The molecule has 2 rings (SSSR count). The van der Waals surface area contributed by atoms with Gasteiger partial charge in [0.25, 0.3) is 5.91 Å². The van der Waals surface area contributed by atoms with Crippen LogP contribution in [0.15, 0.2) is 29.8 Å². The summed E-state index contributed by atoms with van der Waals surface area (Å²) in [5, 5.41) is 15.9. The molecule has 0 unspecified atom stereocenters. The van der Waals surface area contributed by atoms with Crippen molar-refractivity contribution in [1.29, 1.82) is 5.26 Å². The third kappa shape index (κ3) is 4.11. The molecule has 0 aliphatic rings. The molecule has 1 aromatic carbocycles. The number of carbonyl (C=O) groups is 1. The SMILES string of the molecule is CCn1nc(C)c(/C=C(\C#N)C(=O)Nc2cccc(C(F)(F)F)c2)c1C. The number of alkyl halides is 3. The molecule has 0 saturated heterocycles. The fourth-order valence-corrected chi connectivity index (χ4v) is 2.49. The lowest BCUT2D eigenvalue weighted by Crippen LogP contribution is -2.14. The van der Waals surface area contributed by atoms with Crippen molar-refractivity contribution in [3.8, 4) is 6.07 Å². The third-order valence-corrected chi connectivity index (χ3v) is 3.84. The number of hydrogen-bond donors (Lipinski definition) is 1. The first-order valence-corrected chi connectivity index (χ1v) is 7.81. The zero-order chi connectivity index (χ0) is 19.5. The van der Waals surface area contributed by atoms with Crippen LogP contribution in [0.5, 0.6) is 0 Å². The summed E-state index contributed by atoms with van der Waals surface area (Å²) < 4.78 is 40.0. The highest BCUT2D eigenvalue weighted by Crippen LogP contribution is 2.30. The van der Waals surface area contributed by atoms with E-state index in [4.69, 9.17) is 0 Å². The molecule has 0 spiro atoms. The maximum atomic E-state index is 12.8. The van der Waals surface area contributed by atoms with Crippen LogP contribution in [-0.4, -0.2) is 15.7 Å². The molecule has 0 aliphatic carbocycles. The first-order chi connectivity index (χ1) is 12.2. The molecule has 1 amide bonds. The third-order valence-electron chi connectivity index (χ3n) is 3.84. The van der Waals surface area contributed by atoms with Crippen LogP contribution in [0, 0.1) is 25.2 Å². The Hall–Kier alpha value is -3.08. The Kier molecular flexibility index (Phi) is 5.50. The molecule has 0 saturated carbocycles. The minimum Gasteiger partial charge on any atom is -0.321 e. The van der Waals surface area contributed by atoms with E-state index >= 15 is 0 Å². The van der Waals surface area contributed by atoms with Gasteiger partial charge in [0.05, 0.1) is 11.3 Å². The van der Waals surface area contributed by atoms with Crippen LogP contribution in [0.3, 0.4) is 0 Å². The topological polar surface area (TPSA) is 70.7 Å². The molecule has 1 aromatic heterocycles. The molecule has 26 heavy (non-hydrogen) atoms. The Morgan fingerprint density at radius 3 is 2.62 bits per heavy atom. The monoisotopic (exact) mass is 362 g/mol. The van der Waals surface area contributed by atoms with Crippen molar-refractivity contribution < 1.29 is 18.0 Å². The number of halogens is 3. The van der Waals surface area contributed by atoms with Crippen molar-refractivity contribution in [1.82, 2.24) is 9.78 Å². The fourth-order valence-electron chi connectivity index (χ4n) is 2.49. The van der Waals surface area contributed by atoms with E-state index in [1.54, 1.807) is 17.7 Å². The number of nitriles is 1. The van der Waals surface area contributed by atoms with E-state index < -0.39 is 17.6 Å². The summed E-state index contributed by atoms with van der Waals surface area (Å²) >= 11 is 0. The van der Waals surface area contributed by atoms with E-state index in [9.17, 15) is 23.2 Å². The Bertz CT molecular complexity index is 904. The number of anilines is 1. The average molecular weight is 362 g/mol. The molecule has 0 radical (unpaired) electrons. The molecule has 0 atom stereocenters. The van der Waals surface area contributed by atoms with Gasteiger partial charge in [-0.3, -0.25) is 9.48 Å². The van der Waals surface area contributed by atoms with Gasteiger partial charge in [-0.05, 0) is 45.0 Å². The number of nitrogens with zero attached hydrogens (tertiary/aromatic N) is 3. The van der Waals surface area contributed by atoms with Gasteiger partial charge in [-0.15, -0.1) is 0 Å². The number of aryl methyl sites for hydroxylation is 2. The van der Waals surface area contributed by atoms with Gasteiger partial charge in [0.15, 0.2) is 0 Å². The van der Waals surface area contributed by atoms with E-state index in [1.807, 2.05) is 13.8 Å². The van der Waals surface area contributed by atoms with Crippen LogP contribution < -0.4 is 5.32 Å². The predicted molar refractivity (Wildman–Crippen MR) is 91.0 cm³/mol. The van der Waals surface area contributed by atoms with E-state index in [0.29, 0.717) is 17.8 Å². The van der Waals surface area contributed by atoms with Crippen LogP contribution in [0.1, 0.15) is 29.4 Å². The highest BCUT2D eigenvalue weighted by atomic mass is 19.4. The summed E-state index contributed by atoms with van der Waals surface area (Å²) in [4.78, 5) is 12.3.